The first kappa shape index (κ1) is 26.5. The lowest BCUT2D eigenvalue weighted by atomic mass is 9.82. The molecule has 10 nitrogen and oxygen atoms in total. The molecule has 0 saturated carbocycles. The van der Waals surface area contributed by atoms with Gasteiger partial charge in [0.05, 0.1) is 11.5 Å². The number of carbonyl (C=O) groups is 3. The minimum absolute atomic E-state index is 0.0927. The monoisotopic (exact) mass is 530 g/mol. The molecule has 0 aliphatic carbocycles. The van der Waals surface area contributed by atoms with Gasteiger partial charge in [-0.05, 0) is 62.8 Å². The predicted molar refractivity (Wildman–Crippen MR) is 146 cm³/mol. The number of aromatic nitrogens is 1. The zero-order valence-electron chi connectivity index (χ0n) is 22.6. The molecule has 2 unspecified atom stereocenters. The van der Waals surface area contributed by atoms with Crippen molar-refractivity contribution >= 4 is 29.4 Å². The molecule has 10 heteroatoms. The van der Waals surface area contributed by atoms with E-state index in [0.29, 0.717) is 43.7 Å². The van der Waals surface area contributed by atoms with Gasteiger partial charge in [-0.1, -0.05) is 13.0 Å². The molecule has 1 N–H and O–H groups in total. The SMILES string of the molecule is CCN(CC)c1ccc2c(c1)OC(=O)C(CCN1C(=O)NC3(CCN(c4ccc(C#N)cn4)CC3)C1=O)C2C. The van der Waals surface area contributed by atoms with Crippen LogP contribution in [0, 0.1) is 17.2 Å². The number of nitrogens with zero attached hydrogens (tertiary/aromatic N) is 5. The Bertz CT molecular complexity index is 1310. The van der Waals surface area contributed by atoms with Gasteiger partial charge < -0.3 is 19.9 Å². The number of fused-ring (bicyclic) bond motifs is 1. The molecule has 1 spiro atoms. The average Bonchev–Trinajstić information content (AvgIpc) is 3.17. The molecular formula is C29H34N6O4. The number of imide groups is 1. The van der Waals surface area contributed by atoms with Gasteiger partial charge in [-0.2, -0.15) is 5.26 Å². The zero-order chi connectivity index (χ0) is 27.7. The highest BCUT2D eigenvalue weighted by molar-refractivity contribution is 6.07. The quantitative estimate of drug-likeness (QED) is 0.329. The van der Waals surface area contributed by atoms with Crippen molar-refractivity contribution in [2.45, 2.75) is 51.5 Å². The lowest BCUT2D eigenvalue weighted by molar-refractivity contribution is -0.142. The molecule has 0 bridgehead atoms. The molecule has 4 heterocycles. The lowest BCUT2D eigenvalue weighted by Gasteiger charge is -2.38. The van der Waals surface area contributed by atoms with E-state index in [-0.39, 0.29) is 24.3 Å². The number of nitriles is 1. The first-order chi connectivity index (χ1) is 18.8. The second kappa shape index (κ2) is 10.6. The Kier molecular flexibility index (Phi) is 7.17. The first-order valence-corrected chi connectivity index (χ1v) is 13.7. The summed E-state index contributed by atoms with van der Waals surface area (Å²) >= 11 is 0. The summed E-state index contributed by atoms with van der Waals surface area (Å²) in [4.78, 5) is 49.2. The van der Waals surface area contributed by atoms with Gasteiger partial charge in [0.1, 0.15) is 23.2 Å². The van der Waals surface area contributed by atoms with Crippen LogP contribution in [0.5, 0.6) is 5.75 Å². The number of benzene rings is 1. The third kappa shape index (κ3) is 4.78. The fourth-order valence-corrected chi connectivity index (χ4v) is 5.99. The van der Waals surface area contributed by atoms with Gasteiger partial charge >= 0.3 is 12.0 Å². The van der Waals surface area contributed by atoms with Crippen molar-refractivity contribution in [1.29, 1.82) is 5.26 Å². The van der Waals surface area contributed by atoms with Crippen LogP contribution in [0.15, 0.2) is 36.5 Å². The lowest BCUT2D eigenvalue weighted by Crippen LogP contribution is -2.55. The molecule has 3 aliphatic heterocycles. The molecule has 3 amide bonds. The molecule has 1 aromatic carbocycles. The van der Waals surface area contributed by atoms with Gasteiger partial charge in [0.2, 0.25) is 0 Å². The molecule has 3 aliphatic rings. The maximum absolute atomic E-state index is 13.5. The summed E-state index contributed by atoms with van der Waals surface area (Å²) in [5.41, 5.74) is 1.53. The highest BCUT2D eigenvalue weighted by atomic mass is 16.5. The van der Waals surface area contributed by atoms with Crippen LogP contribution in [-0.2, 0) is 9.59 Å². The predicted octanol–water partition coefficient (Wildman–Crippen LogP) is 3.42. The Morgan fingerprint density at radius 1 is 1.15 bits per heavy atom. The van der Waals surface area contributed by atoms with E-state index in [2.05, 4.69) is 46.1 Å². The number of nitrogens with one attached hydrogen (secondary N) is 1. The summed E-state index contributed by atoms with van der Waals surface area (Å²) in [7, 11) is 0. The van der Waals surface area contributed by atoms with Gasteiger partial charge in [0.15, 0.2) is 0 Å². The maximum atomic E-state index is 13.5. The molecule has 2 aromatic rings. The van der Waals surface area contributed by atoms with Gasteiger partial charge in [-0.3, -0.25) is 14.5 Å². The maximum Gasteiger partial charge on any atom is 0.325 e. The number of urea groups is 1. The first-order valence-electron chi connectivity index (χ1n) is 13.7. The normalized spacial score (nSPS) is 21.8. The number of pyridine rings is 1. The van der Waals surface area contributed by atoms with E-state index in [1.165, 1.54) is 11.1 Å². The van der Waals surface area contributed by atoms with E-state index >= 15 is 0 Å². The van der Waals surface area contributed by atoms with Gasteiger partial charge in [0.25, 0.3) is 5.91 Å². The van der Waals surface area contributed by atoms with Crippen molar-refractivity contribution in [2.24, 2.45) is 5.92 Å². The van der Waals surface area contributed by atoms with Crippen molar-refractivity contribution in [2.75, 3.05) is 42.5 Å². The summed E-state index contributed by atoms with van der Waals surface area (Å²) < 4.78 is 5.74. The Morgan fingerprint density at radius 3 is 2.54 bits per heavy atom. The van der Waals surface area contributed by atoms with Crippen LogP contribution >= 0.6 is 0 Å². The van der Waals surface area contributed by atoms with E-state index in [0.717, 1.165) is 30.2 Å². The number of hydrogen-bond acceptors (Lipinski definition) is 8. The van der Waals surface area contributed by atoms with Gasteiger partial charge in [-0.25, -0.2) is 9.78 Å². The Hall–Kier alpha value is -4.13. The van der Waals surface area contributed by atoms with Crippen molar-refractivity contribution in [3.05, 3.63) is 47.7 Å². The van der Waals surface area contributed by atoms with Crippen molar-refractivity contribution < 1.29 is 19.1 Å². The standard InChI is InChI=1S/C29H34N6O4/c1-4-33(5-2)21-7-8-22-19(3)23(26(36)39-24(22)16-21)10-13-35-27(37)29(32-28(35)38)11-14-34(15-12-29)25-9-6-20(17-30)18-31-25/h6-9,16,18-19,23H,4-5,10-15H2,1-3H3,(H,32,38). The Labute approximate surface area is 228 Å². The molecule has 204 valence electrons. The largest absolute Gasteiger partial charge is 0.426 e. The van der Waals surface area contributed by atoms with E-state index in [1.807, 2.05) is 19.1 Å². The van der Waals surface area contributed by atoms with E-state index < -0.39 is 17.5 Å². The molecule has 0 radical (unpaired) electrons. The molecule has 39 heavy (non-hydrogen) atoms. The average molecular weight is 531 g/mol. The van der Waals surface area contributed by atoms with Crippen LogP contribution < -0.4 is 19.9 Å². The number of carbonyl (C=O) groups excluding carboxylic acids is 3. The highest BCUT2D eigenvalue weighted by Gasteiger charge is 2.52. The highest BCUT2D eigenvalue weighted by Crippen LogP contribution is 2.41. The summed E-state index contributed by atoms with van der Waals surface area (Å²) in [6.07, 6.45) is 2.79. The van der Waals surface area contributed by atoms with E-state index in [9.17, 15) is 14.4 Å². The Morgan fingerprint density at radius 2 is 1.90 bits per heavy atom. The smallest absolute Gasteiger partial charge is 0.325 e. The number of piperidine rings is 1. The van der Waals surface area contributed by atoms with Crippen LogP contribution in [0.3, 0.4) is 0 Å². The molecule has 1 aromatic heterocycles. The summed E-state index contributed by atoms with van der Waals surface area (Å²) in [5, 5.41) is 11.9. The minimum atomic E-state index is -0.938. The number of ether oxygens (including phenoxy) is 1. The molecule has 2 saturated heterocycles. The molecular weight excluding hydrogens is 496 g/mol. The Balaban J connectivity index is 1.22. The van der Waals surface area contributed by atoms with E-state index in [4.69, 9.17) is 10.00 Å². The van der Waals surface area contributed by atoms with Crippen LogP contribution in [-0.4, -0.2) is 66.1 Å². The summed E-state index contributed by atoms with van der Waals surface area (Å²) in [6.45, 7) is 9.16. The van der Waals surface area contributed by atoms with Gasteiger partial charge in [0, 0.05) is 50.7 Å². The number of anilines is 2. The molecule has 5 rings (SSSR count). The number of rotatable bonds is 7. The van der Waals surface area contributed by atoms with Crippen molar-refractivity contribution in [1.82, 2.24) is 15.2 Å². The number of esters is 1. The number of amides is 3. The van der Waals surface area contributed by atoms with E-state index in [1.54, 1.807) is 12.1 Å². The van der Waals surface area contributed by atoms with Crippen molar-refractivity contribution in [3.8, 4) is 11.8 Å². The summed E-state index contributed by atoms with van der Waals surface area (Å²) in [5.74, 6) is 0.234. The molecule has 2 atom stereocenters. The number of hydrogen-bond donors (Lipinski definition) is 1. The third-order valence-electron chi connectivity index (χ3n) is 8.46. The fourth-order valence-electron chi connectivity index (χ4n) is 5.99. The second-order valence-electron chi connectivity index (χ2n) is 10.5. The van der Waals surface area contributed by atoms with Crippen LogP contribution in [0.1, 0.15) is 57.1 Å². The van der Waals surface area contributed by atoms with Crippen LogP contribution in [0.4, 0.5) is 16.3 Å². The summed E-state index contributed by atoms with van der Waals surface area (Å²) in [6, 6.07) is 11.2. The zero-order valence-corrected chi connectivity index (χ0v) is 22.6. The van der Waals surface area contributed by atoms with Crippen LogP contribution in [0.25, 0.3) is 0 Å². The van der Waals surface area contributed by atoms with Gasteiger partial charge in [-0.15, -0.1) is 0 Å². The topological polar surface area (TPSA) is 119 Å². The van der Waals surface area contributed by atoms with Crippen molar-refractivity contribution in [3.63, 3.8) is 0 Å². The molecule has 2 fully saturated rings. The van der Waals surface area contributed by atoms with Crippen LogP contribution in [0.2, 0.25) is 0 Å². The minimum Gasteiger partial charge on any atom is -0.426 e. The third-order valence-corrected chi connectivity index (χ3v) is 8.46. The second-order valence-corrected chi connectivity index (χ2v) is 10.5. The fraction of sp³-hybridized carbons (Fsp3) is 0.483.